The Balaban J connectivity index is 1.34. The summed E-state index contributed by atoms with van der Waals surface area (Å²) >= 11 is 1.44. The van der Waals surface area contributed by atoms with Crippen molar-refractivity contribution < 1.29 is 8.91 Å². The minimum Gasteiger partial charge on any atom is -0.339 e. The number of halogens is 1. The molecule has 6 nitrogen and oxygen atoms in total. The van der Waals surface area contributed by atoms with Crippen molar-refractivity contribution in [3.63, 3.8) is 0 Å². The van der Waals surface area contributed by atoms with Gasteiger partial charge in [-0.15, -0.1) is 5.10 Å². The van der Waals surface area contributed by atoms with Gasteiger partial charge in [0.05, 0.1) is 5.75 Å². The molecular formula is C16H14FN5OS. The second-order valence-electron chi connectivity index (χ2n) is 5.50. The van der Waals surface area contributed by atoms with E-state index in [0.29, 0.717) is 28.5 Å². The highest BCUT2D eigenvalue weighted by atomic mass is 32.2. The first-order chi connectivity index (χ1) is 11.8. The van der Waals surface area contributed by atoms with Crippen molar-refractivity contribution >= 4 is 23.9 Å². The van der Waals surface area contributed by atoms with Gasteiger partial charge in [-0.2, -0.15) is 4.98 Å². The maximum Gasteiger partial charge on any atom is 0.229 e. The van der Waals surface area contributed by atoms with Crippen LogP contribution < -0.4 is 0 Å². The van der Waals surface area contributed by atoms with Crippen LogP contribution in [0.2, 0.25) is 0 Å². The van der Waals surface area contributed by atoms with Gasteiger partial charge in [-0.3, -0.25) is 5.10 Å². The maximum absolute atomic E-state index is 12.9. The summed E-state index contributed by atoms with van der Waals surface area (Å²) in [4.78, 5) is 8.73. The molecule has 0 radical (unpaired) electrons. The third-order valence-electron chi connectivity index (χ3n) is 3.53. The van der Waals surface area contributed by atoms with E-state index in [9.17, 15) is 4.39 Å². The summed E-state index contributed by atoms with van der Waals surface area (Å²) in [5.41, 5.74) is 0.890. The standard InChI is InChI=1S/C16H14FN5OS/c17-12-6-1-10(2-7-12)3-8-13-19-16(21-20-13)24-9-14-18-15(23-22-14)11-4-5-11/h1-3,6-8,11H,4-5,9H2,(H,19,20,21)/b8-3+. The molecule has 2 heterocycles. The van der Waals surface area contributed by atoms with Crippen LogP contribution in [0.15, 0.2) is 33.9 Å². The second kappa shape index (κ2) is 6.56. The third-order valence-corrected chi connectivity index (χ3v) is 4.37. The molecule has 1 aliphatic carbocycles. The van der Waals surface area contributed by atoms with Gasteiger partial charge in [0.25, 0.3) is 0 Å². The van der Waals surface area contributed by atoms with E-state index in [1.165, 1.54) is 23.9 Å². The van der Waals surface area contributed by atoms with Crippen molar-refractivity contribution in [1.82, 2.24) is 25.3 Å². The Labute approximate surface area is 141 Å². The number of hydrogen-bond acceptors (Lipinski definition) is 6. The zero-order chi connectivity index (χ0) is 16.4. The predicted molar refractivity (Wildman–Crippen MR) is 87.5 cm³/mol. The first-order valence-electron chi connectivity index (χ1n) is 7.57. The monoisotopic (exact) mass is 343 g/mol. The first-order valence-corrected chi connectivity index (χ1v) is 8.56. The zero-order valence-corrected chi connectivity index (χ0v) is 13.5. The minimum atomic E-state index is -0.253. The van der Waals surface area contributed by atoms with E-state index >= 15 is 0 Å². The number of benzene rings is 1. The molecule has 0 bridgehead atoms. The van der Waals surface area contributed by atoms with E-state index in [0.717, 1.165) is 24.3 Å². The van der Waals surface area contributed by atoms with Crippen molar-refractivity contribution in [3.05, 3.63) is 53.2 Å². The van der Waals surface area contributed by atoms with Gasteiger partial charge in [0.1, 0.15) is 11.6 Å². The third kappa shape index (κ3) is 3.70. The van der Waals surface area contributed by atoms with Crippen LogP contribution >= 0.6 is 11.8 Å². The largest absolute Gasteiger partial charge is 0.339 e. The highest BCUT2D eigenvalue weighted by Crippen LogP contribution is 2.39. The molecule has 0 saturated heterocycles. The van der Waals surface area contributed by atoms with E-state index in [4.69, 9.17) is 4.52 Å². The quantitative estimate of drug-likeness (QED) is 0.688. The molecule has 1 saturated carbocycles. The molecule has 1 fully saturated rings. The fourth-order valence-electron chi connectivity index (χ4n) is 2.10. The average molecular weight is 343 g/mol. The van der Waals surface area contributed by atoms with Crippen LogP contribution in [-0.4, -0.2) is 25.3 Å². The first kappa shape index (κ1) is 15.1. The normalized spacial score (nSPS) is 14.5. The van der Waals surface area contributed by atoms with Crippen molar-refractivity contribution in [2.45, 2.75) is 29.7 Å². The molecule has 2 aromatic heterocycles. The van der Waals surface area contributed by atoms with Gasteiger partial charge in [-0.25, -0.2) is 9.37 Å². The fourth-order valence-corrected chi connectivity index (χ4v) is 2.75. The number of H-pyrrole nitrogens is 1. The lowest BCUT2D eigenvalue weighted by atomic mass is 10.2. The van der Waals surface area contributed by atoms with Crippen LogP contribution in [0.5, 0.6) is 0 Å². The van der Waals surface area contributed by atoms with Gasteiger partial charge in [-0.05, 0) is 36.6 Å². The van der Waals surface area contributed by atoms with Gasteiger partial charge < -0.3 is 4.52 Å². The molecule has 1 N–H and O–H groups in total. The van der Waals surface area contributed by atoms with Crippen molar-refractivity contribution in [1.29, 1.82) is 0 Å². The number of nitrogens with zero attached hydrogens (tertiary/aromatic N) is 4. The van der Waals surface area contributed by atoms with Crippen molar-refractivity contribution in [3.8, 4) is 0 Å². The Morgan fingerprint density at radius 3 is 2.83 bits per heavy atom. The number of aromatic nitrogens is 5. The number of thioether (sulfide) groups is 1. The minimum absolute atomic E-state index is 0.253. The van der Waals surface area contributed by atoms with Gasteiger partial charge in [0, 0.05) is 5.92 Å². The average Bonchev–Trinajstić information content (AvgIpc) is 3.17. The molecule has 0 unspecified atom stereocenters. The van der Waals surface area contributed by atoms with Gasteiger partial charge in [-0.1, -0.05) is 35.1 Å². The lowest BCUT2D eigenvalue weighted by Gasteiger charge is -1.91. The predicted octanol–water partition coefficient (Wildman–Crippen LogP) is 3.67. The Kier molecular flexibility index (Phi) is 4.12. The Hall–Kier alpha value is -2.48. The molecular weight excluding hydrogens is 329 g/mol. The van der Waals surface area contributed by atoms with Crippen molar-refractivity contribution in [2.24, 2.45) is 0 Å². The summed E-state index contributed by atoms with van der Waals surface area (Å²) in [6.07, 6.45) is 5.91. The van der Waals surface area contributed by atoms with Gasteiger partial charge >= 0.3 is 0 Å². The van der Waals surface area contributed by atoms with Crippen LogP contribution in [0.25, 0.3) is 12.2 Å². The number of aromatic amines is 1. The molecule has 0 spiro atoms. The summed E-state index contributed by atoms with van der Waals surface area (Å²) in [7, 11) is 0. The molecule has 4 rings (SSSR count). The maximum atomic E-state index is 12.9. The summed E-state index contributed by atoms with van der Waals surface area (Å²) in [6, 6.07) is 6.24. The lowest BCUT2D eigenvalue weighted by Crippen LogP contribution is -1.86. The molecule has 1 aromatic carbocycles. The number of nitrogens with one attached hydrogen (secondary N) is 1. The number of hydrogen-bond donors (Lipinski definition) is 1. The van der Waals surface area contributed by atoms with Crippen LogP contribution in [0, 0.1) is 5.82 Å². The molecule has 0 aliphatic heterocycles. The molecule has 24 heavy (non-hydrogen) atoms. The molecule has 122 valence electrons. The lowest BCUT2D eigenvalue weighted by molar-refractivity contribution is 0.375. The highest BCUT2D eigenvalue weighted by Gasteiger charge is 2.29. The summed E-state index contributed by atoms with van der Waals surface area (Å²) in [5.74, 6) is 2.81. The van der Waals surface area contributed by atoms with Crippen LogP contribution in [0.4, 0.5) is 4.39 Å². The molecule has 8 heteroatoms. The topological polar surface area (TPSA) is 80.5 Å². The zero-order valence-electron chi connectivity index (χ0n) is 12.6. The number of rotatable bonds is 6. The SMILES string of the molecule is Fc1ccc(/C=C/c2nc(SCc3noc(C4CC4)n3)n[nH]2)cc1. The van der Waals surface area contributed by atoms with E-state index in [1.54, 1.807) is 18.2 Å². The molecule has 0 atom stereocenters. The Bertz CT molecular complexity index is 853. The Morgan fingerprint density at radius 1 is 1.21 bits per heavy atom. The van der Waals surface area contributed by atoms with Crippen LogP contribution in [0.1, 0.15) is 41.9 Å². The van der Waals surface area contributed by atoms with E-state index in [1.807, 2.05) is 6.08 Å². The van der Waals surface area contributed by atoms with E-state index < -0.39 is 0 Å². The molecule has 3 aromatic rings. The summed E-state index contributed by atoms with van der Waals surface area (Å²) in [6.45, 7) is 0. The highest BCUT2D eigenvalue weighted by molar-refractivity contribution is 7.98. The fraction of sp³-hybridized carbons (Fsp3) is 0.250. The van der Waals surface area contributed by atoms with E-state index in [-0.39, 0.29) is 5.82 Å². The van der Waals surface area contributed by atoms with Crippen molar-refractivity contribution in [2.75, 3.05) is 0 Å². The molecule has 0 amide bonds. The second-order valence-corrected chi connectivity index (χ2v) is 6.44. The summed E-state index contributed by atoms with van der Waals surface area (Å²) in [5, 5.41) is 11.6. The van der Waals surface area contributed by atoms with Crippen LogP contribution in [0.3, 0.4) is 0 Å². The summed E-state index contributed by atoms with van der Waals surface area (Å²) < 4.78 is 18.1. The van der Waals surface area contributed by atoms with Crippen LogP contribution in [-0.2, 0) is 5.75 Å². The Morgan fingerprint density at radius 2 is 2.04 bits per heavy atom. The smallest absolute Gasteiger partial charge is 0.229 e. The van der Waals surface area contributed by atoms with E-state index in [2.05, 4.69) is 25.3 Å². The van der Waals surface area contributed by atoms with Gasteiger partial charge in [0.2, 0.25) is 11.0 Å². The van der Waals surface area contributed by atoms with Gasteiger partial charge in [0.15, 0.2) is 5.82 Å². The molecule has 1 aliphatic rings.